The van der Waals surface area contributed by atoms with E-state index in [0.29, 0.717) is 6.54 Å². The number of methoxy groups -OCH3 is 1. The lowest BCUT2D eigenvalue weighted by Gasteiger charge is -2.27. The molecule has 0 bridgehead atoms. The normalized spacial score (nSPS) is 15.0. The topological polar surface area (TPSA) is 87.7 Å². The van der Waals surface area contributed by atoms with Crippen molar-refractivity contribution in [1.82, 2.24) is 14.9 Å². The van der Waals surface area contributed by atoms with Gasteiger partial charge >= 0.3 is 0 Å². The Morgan fingerprint density at radius 2 is 1.75 bits per heavy atom. The second-order valence-electron chi connectivity index (χ2n) is 8.43. The maximum Gasteiger partial charge on any atom is 0.251 e. The number of sulfonamides is 1. The Kier molecular flexibility index (Phi) is 8.28. The molecule has 2 N–H and O–H groups in total. The first-order valence-corrected chi connectivity index (χ1v) is 12.6. The average Bonchev–Trinajstić information content (AvgIpc) is 2.77. The molecule has 174 valence electrons. The van der Waals surface area contributed by atoms with Gasteiger partial charge in [0.05, 0.1) is 7.11 Å². The monoisotopic (exact) mass is 459 g/mol. The molecule has 0 radical (unpaired) electrons. The fourth-order valence-corrected chi connectivity index (χ4v) is 5.37. The molecule has 3 rings (SSSR count). The van der Waals surface area contributed by atoms with E-state index in [9.17, 15) is 13.2 Å². The molecule has 0 saturated carbocycles. The molecule has 32 heavy (non-hydrogen) atoms. The van der Waals surface area contributed by atoms with Gasteiger partial charge in [-0.25, -0.2) is 13.1 Å². The lowest BCUT2D eigenvalue weighted by atomic mass is 10.0. The largest absolute Gasteiger partial charge is 0.495 e. The Morgan fingerprint density at radius 1 is 1.06 bits per heavy atom. The van der Waals surface area contributed by atoms with Gasteiger partial charge in [-0.2, -0.15) is 0 Å². The predicted molar refractivity (Wildman–Crippen MR) is 125 cm³/mol. The molecular weight excluding hydrogens is 426 g/mol. The first-order chi connectivity index (χ1) is 15.3. The zero-order valence-corrected chi connectivity index (χ0v) is 19.9. The molecule has 0 aliphatic carbocycles. The van der Waals surface area contributed by atoms with E-state index in [1.54, 1.807) is 19.9 Å². The quantitative estimate of drug-likeness (QED) is 0.601. The summed E-state index contributed by atoms with van der Waals surface area (Å²) in [4.78, 5) is 15.2. The number of amides is 1. The number of rotatable bonds is 9. The number of benzene rings is 2. The minimum absolute atomic E-state index is 0.0492. The minimum atomic E-state index is -3.81. The number of nitrogens with one attached hydrogen (secondary N) is 2. The fraction of sp³-hybridized carbons (Fsp3) is 0.458. The summed E-state index contributed by atoms with van der Waals surface area (Å²) in [6.45, 7) is 6.94. The zero-order valence-electron chi connectivity index (χ0n) is 19.1. The highest BCUT2D eigenvalue weighted by Crippen LogP contribution is 2.25. The summed E-state index contributed by atoms with van der Waals surface area (Å²) >= 11 is 0. The highest BCUT2D eigenvalue weighted by Gasteiger charge is 2.22. The third kappa shape index (κ3) is 6.31. The predicted octanol–water partition coefficient (Wildman–Crippen LogP) is 3.30. The number of carbonyl (C=O) groups excluding carboxylic acids is 1. The summed E-state index contributed by atoms with van der Waals surface area (Å²) in [6.07, 6.45) is 3.75. The molecule has 1 saturated heterocycles. The summed E-state index contributed by atoms with van der Waals surface area (Å²) in [5.41, 5.74) is 2.53. The van der Waals surface area contributed by atoms with E-state index >= 15 is 0 Å². The minimum Gasteiger partial charge on any atom is -0.495 e. The highest BCUT2D eigenvalue weighted by atomic mass is 32.2. The van der Waals surface area contributed by atoms with Crippen molar-refractivity contribution >= 4 is 15.9 Å². The Morgan fingerprint density at radius 3 is 2.41 bits per heavy atom. The maximum absolute atomic E-state index is 12.8. The van der Waals surface area contributed by atoms with Gasteiger partial charge in [-0.1, -0.05) is 30.7 Å². The van der Waals surface area contributed by atoms with E-state index in [1.807, 2.05) is 18.2 Å². The molecule has 1 aliphatic rings. The molecule has 0 atom stereocenters. The standard InChI is InChI=1S/C24H33N3O4S/c1-18(2)26-32(29,30)23-15-19(11-12-22(23)31-3)24(28)25-16-20-9-5-6-10-21(20)17-27-13-7-4-8-14-27/h5-6,9-12,15,18,26H,4,7-8,13-14,16-17H2,1-3H3,(H,25,28). The van der Waals surface area contributed by atoms with Crippen molar-refractivity contribution in [2.24, 2.45) is 0 Å². The van der Waals surface area contributed by atoms with Crippen molar-refractivity contribution in [3.8, 4) is 5.75 Å². The summed E-state index contributed by atoms with van der Waals surface area (Å²) in [5.74, 6) is -0.136. The van der Waals surface area contributed by atoms with Gasteiger partial charge in [0.1, 0.15) is 10.6 Å². The SMILES string of the molecule is COc1ccc(C(=O)NCc2ccccc2CN2CCCCC2)cc1S(=O)(=O)NC(C)C. The van der Waals surface area contributed by atoms with Crippen LogP contribution in [0, 0.1) is 0 Å². The zero-order chi connectivity index (χ0) is 23.1. The number of ether oxygens (including phenoxy) is 1. The van der Waals surface area contributed by atoms with Gasteiger partial charge in [0.25, 0.3) is 5.91 Å². The van der Waals surface area contributed by atoms with Gasteiger partial charge in [-0.3, -0.25) is 9.69 Å². The Balaban J connectivity index is 1.74. The number of carbonyl (C=O) groups is 1. The van der Waals surface area contributed by atoms with E-state index in [0.717, 1.165) is 25.2 Å². The fourth-order valence-electron chi connectivity index (χ4n) is 3.92. The summed E-state index contributed by atoms with van der Waals surface area (Å²) in [5, 5.41) is 2.94. The van der Waals surface area contributed by atoms with Crippen LogP contribution in [0.3, 0.4) is 0 Å². The van der Waals surface area contributed by atoms with Crippen molar-refractivity contribution < 1.29 is 17.9 Å². The number of piperidine rings is 1. The van der Waals surface area contributed by atoms with E-state index in [2.05, 4.69) is 21.0 Å². The van der Waals surface area contributed by atoms with Crippen LogP contribution in [0.25, 0.3) is 0 Å². The van der Waals surface area contributed by atoms with Crippen molar-refractivity contribution in [2.45, 2.75) is 57.1 Å². The van der Waals surface area contributed by atoms with Crippen LogP contribution >= 0.6 is 0 Å². The number of hydrogen-bond donors (Lipinski definition) is 2. The van der Waals surface area contributed by atoms with Crippen molar-refractivity contribution in [1.29, 1.82) is 0 Å². The van der Waals surface area contributed by atoms with Crippen LogP contribution in [-0.2, 0) is 23.1 Å². The van der Waals surface area contributed by atoms with Gasteiger partial charge in [0.15, 0.2) is 0 Å². The lowest BCUT2D eigenvalue weighted by molar-refractivity contribution is 0.0950. The molecule has 7 nitrogen and oxygen atoms in total. The second-order valence-corrected chi connectivity index (χ2v) is 10.1. The Labute approximate surface area is 191 Å². The highest BCUT2D eigenvalue weighted by molar-refractivity contribution is 7.89. The maximum atomic E-state index is 12.8. The van der Waals surface area contributed by atoms with Crippen molar-refractivity contribution in [3.63, 3.8) is 0 Å². The van der Waals surface area contributed by atoms with Gasteiger partial charge < -0.3 is 10.1 Å². The van der Waals surface area contributed by atoms with Crippen LogP contribution in [0.15, 0.2) is 47.4 Å². The van der Waals surface area contributed by atoms with Crippen LogP contribution in [0.5, 0.6) is 5.75 Å². The number of likely N-dealkylation sites (tertiary alicyclic amines) is 1. The summed E-state index contributed by atoms with van der Waals surface area (Å²) < 4.78 is 33.1. The van der Waals surface area contributed by atoms with Crippen LogP contribution < -0.4 is 14.8 Å². The Bertz CT molecular complexity index is 1030. The molecule has 0 spiro atoms. The molecular formula is C24H33N3O4S. The van der Waals surface area contributed by atoms with E-state index in [-0.39, 0.29) is 28.2 Å². The molecule has 2 aromatic carbocycles. The number of hydrogen-bond acceptors (Lipinski definition) is 5. The molecule has 8 heteroatoms. The van der Waals surface area contributed by atoms with Gasteiger partial charge in [-0.15, -0.1) is 0 Å². The molecule has 1 fully saturated rings. The third-order valence-electron chi connectivity index (χ3n) is 5.51. The van der Waals surface area contributed by atoms with E-state index in [4.69, 9.17) is 4.74 Å². The third-order valence-corrected chi connectivity index (χ3v) is 7.19. The molecule has 2 aromatic rings. The lowest BCUT2D eigenvalue weighted by Crippen LogP contribution is -2.31. The second kappa shape index (κ2) is 10.9. The van der Waals surface area contributed by atoms with E-state index < -0.39 is 10.0 Å². The van der Waals surface area contributed by atoms with Crippen LogP contribution in [0.4, 0.5) is 0 Å². The molecule has 1 heterocycles. The van der Waals surface area contributed by atoms with Gasteiger partial charge in [-0.05, 0) is 69.1 Å². The summed E-state index contributed by atoms with van der Waals surface area (Å²) in [6, 6.07) is 12.3. The molecule has 0 unspecified atom stereocenters. The molecule has 1 aliphatic heterocycles. The summed E-state index contributed by atoms with van der Waals surface area (Å²) in [7, 11) is -2.40. The van der Waals surface area contributed by atoms with Crippen molar-refractivity contribution in [2.75, 3.05) is 20.2 Å². The Hall–Kier alpha value is -2.42. The van der Waals surface area contributed by atoms with Gasteiger partial charge in [0.2, 0.25) is 10.0 Å². The average molecular weight is 460 g/mol. The van der Waals surface area contributed by atoms with E-state index in [1.165, 1.54) is 44.1 Å². The van der Waals surface area contributed by atoms with Crippen LogP contribution in [0.2, 0.25) is 0 Å². The molecule has 0 aromatic heterocycles. The smallest absolute Gasteiger partial charge is 0.251 e. The number of nitrogens with zero attached hydrogens (tertiary/aromatic N) is 1. The first kappa shape index (κ1) is 24.2. The molecule has 1 amide bonds. The first-order valence-electron chi connectivity index (χ1n) is 11.1. The van der Waals surface area contributed by atoms with Crippen LogP contribution in [0.1, 0.15) is 54.6 Å². The van der Waals surface area contributed by atoms with Crippen molar-refractivity contribution in [3.05, 3.63) is 59.2 Å². The van der Waals surface area contributed by atoms with Crippen LogP contribution in [-0.4, -0.2) is 45.5 Å². The van der Waals surface area contributed by atoms with Gasteiger partial charge in [0, 0.05) is 24.7 Å².